The highest BCUT2D eigenvalue weighted by Gasteiger charge is 2.31. The predicted octanol–water partition coefficient (Wildman–Crippen LogP) is 3.61. The maximum absolute atomic E-state index is 4.95. The van der Waals surface area contributed by atoms with Crippen LogP contribution in [0.2, 0.25) is 0 Å². The number of nitrogens with one attached hydrogen (secondary N) is 1. The van der Waals surface area contributed by atoms with Gasteiger partial charge in [0.1, 0.15) is 0 Å². The largest absolute Gasteiger partial charge is 0.348 e. The second kappa shape index (κ2) is 5.80. The van der Waals surface area contributed by atoms with Crippen molar-refractivity contribution in [3.63, 3.8) is 0 Å². The van der Waals surface area contributed by atoms with Crippen LogP contribution in [0.3, 0.4) is 0 Å². The first-order chi connectivity index (χ1) is 8.96. The molecule has 0 saturated carbocycles. The van der Waals surface area contributed by atoms with E-state index in [1.54, 1.807) is 0 Å². The van der Waals surface area contributed by atoms with Gasteiger partial charge in [0, 0.05) is 24.5 Å². The molecule has 19 heavy (non-hydrogen) atoms. The van der Waals surface area contributed by atoms with E-state index >= 15 is 0 Å². The number of thiazole rings is 1. The van der Waals surface area contributed by atoms with E-state index in [4.69, 9.17) is 4.98 Å². The molecule has 0 spiro atoms. The van der Waals surface area contributed by atoms with Crippen LogP contribution in [0.5, 0.6) is 0 Å². The molecule has 2 heterocycles. The summed E-state index contributed by atoms with van der Waals surface area (Å²) in [6.45, 7) is 12.5. The van der Waals surface area contributed by atoms with Crippen LogP contribution in [0, 0.1) is 5.41 Å². The van der Waals surface area contributed by atoms with Gasteiger partial charge in [0.15, 0.2) is 5.13 Å². The van der Waals surface area contributed by atoms with Gasteiger partial charge in [-0.25, -0.2) is 4.98 Å². The third-order valence-corrected chi connectivity index (χ3v) is 5.21. The second-order valence-corrected chi connectivity index (χ2v) is 7.54. The van der Waals surface area contributed by atoms with Crippen molar-refractivity contribution in [2.24, 2.45) is 5.41 Å². The van der Waals surface area contributed by atoms with E-state index in [9.17, 15) is 0 Å². The standard InChI is InChI=1S/C15H27N3S/c1-6-11(2)13-12(9-16-5)19-14(17-13)18-8-7-15(3,4)10-18/h11,16H,6-10H2,1-5H3. The van der Waals surface area contributed by atoms with Crippen molar-refractivity contribution in [1.29, 1.82) is 0 Å². The summed E-state index contributed by atoms with van der Waals surface area (Å²) in [7, 11) is 2.01. The number of rotatable bonds is 5. The van der Waals surface area contributed by atoms with Crippen molar-refractivity contribution < 1.29 is 0 Å². The molecule has 1 aliphatic heterocycles. The Morgan fingerprint density at radius 1 is 1.47 bits per heavy atom. The Hall–Kier alpha value is -0.610. The zero-order chi connectivity index (χ0) is 14.0. The molecular weight excluding hydrogens is 254 g/mol. The molecule has 1 saturated heterocycles. The average Bonchev–Trinajstić information content (AvgIpc) is 2.92. The topological polar surface area (TPSA) is 28.2 Å². The van der Waals surface area contributed by atoms with Crippen LogP contribution in [0.1, 0.15) is 57.0 Å². The smallest absolute Gasteiger partial charge is 0.185 e. The Bertz CT molecular complexity index is 425. The Kier molecular flexibility index (Phi) is 4.51. The van der Waals surface area contributed by atoms with Crippen LogP contribution in [0.4, 0.5) is 5.13 Å². The lowest BCUT2D eigenvalue weighted by Crippen LogP contribution is -2.22. The summed E-state index contributed by atoms with van der Waals surface area (Å²) in [5, 5.41) is 4.50. The van der Waals surface area contributed by atoms with Crippen LogP contribution < -0.4 is 10.2 Å². The minimum absolute atomic E-state index is 0.436. The van der Waals surface area contributed by atoms with Gasteiger partial charge >= 0.3 is 0 Å². The molecule has 1 aromatic heterocycles. The highest BCUT2D eigenvalue weighted by Crippen LogP contribution is 2.37. The molecule has 1 aromatic rings. The molecule has 1 aliphatic rings. The highest BCUT2D eigenvalue weighted by atomic mass is 32.1. The summed E-state index contributed by atoms with van der Waals surface area (Å²) < 4.78 is 0. The molecule has 108 valence electrons. The van der Waals surface area contributed by atoms with Gasteiger partial charge in [0.2, 0.25) is 0 Å². The summed E-state index contributed by atoms with van der Waals surface area (Å²) in [6.07, 6.45) is 2.43. The third kappa shape index (κ3) is 3.29. The summed E-state index contributed by atoms with van der Waals surface area (Å²) in [5.41, 5.74) is 1.74. The van der Waals surface area contributed by atoms with Gasteiger partial charge in [-0.1, -0.05) is 27.7 Å². The van der Waals surface area contributed by atoms with Crippen molar-refractivity contribution in [2.75, 3.05) is 25.0 Å². The maximum atomic E-state index is 4.95. The fourth-order valence-corrected chi connectivity index (χ4v) is 3.84. The molecule has 0 aromatic carbocycles. The molecule has 0 amide bonds. The fourth-order valence-electron chi connectivity index (χ4n) is 2.63. The Balaban J connectivity index is 2.22. The van der Waals surface area contributed by atoms with Gasteiger partial charge in [-0.05, 0) is 31.2 Å². The minimum Gasteiger partial charge on any atom is -0.348 e. The van der Waals surface area contributed by atoms with Gasteiger partial charge in [-0.15, -0.1) is 11.3 Å². The van der Waals surface area contributed by atoms with E-state index in [0.29, 0.717) is 11.3 Å². The normalized spacial score (nSPS) is 19.9. The van der Waals surface area contributed by atoms with Crippen LogP contribution >= 0.6 is 11.3 Å². The van der Waals surface area contributed by atoms with Crippen molar-refractivity contribution >= 4 is 16.5 Å². The van der Waals surface area contributed by atoms with Crippen molar-refractivity contribution in [3.05, 3.63) is 10.6 Å². The monoisotopic (exact) mass is 281 g/mol. The first-order valence-electron chi connectivity index (χ1n) is 7.36. The molecule has 1 unspecified atom stereocenters. The highest BCUT2D eigenvalue weighted by molar-refractivity contribution is 7.15. The second-order valence-electron chi connectivity index (χ2n) is 6.48. The number of anilines is 1. The van der Waals surface area contributed by atoms with Crippen LogP contribution in [-0.2, 0) is 6.54 Å². The number of hydrogen-bond donors (Lipinski definition) is 1. The summed E-state index contributed by atoms with van der Waals surface area (Å²) in [4.78, 5) is 8.83. The number of hydrogen-bond acceptors (Lipinski definition) is 4. The van der Waals surface area contributed by atoms with Gasteiger partial charge in [0.05, 0.1) is 5.69 Å². The van der Waals surface area contributed by atoms with E-state index in [-0.39, 0.29) is 0 Å². The number of aromatic nitrogens is 1. The Morgan fingerprint density at radius 3 is 2.74 bits per heavy atom. The molecule has 1 atom stereocenters. The minimum atomic E-state index is 0.436. The van der Waals surface area contributed by atoms with E-state index < -0.39 is 0 Å². The molecule has 0 radical (unpaired) electrons. The first kappa shape index (κ1) is 14.8. The first-order valence-corrected chi connectivity index (χ1v) is 8.17. The van der Waals surface area contributed by atoms with Crippen LogP contribution in [0.15, 0.2) is 0 Å². The molecule has 3 nitrogen and oxygen atoms in total. The van der Waals surface area contributed by atoms with Gasteiger partial charge < -0.3 is 10.2 Å². The van der Waals surface area contributed by atoms with E-state index in [1.165, 1.54) is 22.1 Å². The SMILES string of the molecule is CCC(C)c1nc(N2CCC(C)(C)C2)sc1CNC. The molecule has 1 fully saturated rings. The Labute approximate surface area is 121 Å². The zero-order valence-corrected chi connectivity index (χ0v) is 13.7. The molecule has 4 heteroatoms. The predicted molar refractivity (Wildman–Crippen MR) is 84.2 cm³/mol. The lowest BCUT2D eigenvalue weighted by molar-refractivity contribution is 0.418. The lowest BCUT2D eigenvalue weighted by atomic mass is 9.93. The van der Waals surface area contributed by atoms with Crippen molar-refractivity contribution in [2.45, 2.75) is 53.0 Å². The van der Waals surface area contributed by atoms with E-state index in [1.807, 2.05) is 18.4 Å². The van der Waals surface area contributed by atoms with Crippen LogP contribution in [0.25, 0.3) is 0 Å². The average molecular weight is 281 g/mol. The van der Waals surface area contributed by atoms with E-state index in [0.717, 1.165) is 26.1 Å². The van der Waals surface area contributed by atoms with Gasteiger partial charge in [-0.3, -0.25) is 0 Å². The fraction of sp³-hybridized carbons (Fsp3) is 0.800. The summed E-state index contributed by atoms with van der Waals surface area (Å²) in [5.74, 6) is 0.559. The molecular formula is C15H27N3S. The van der Waals surface area contributed by atoms with Gasteiger partial charge in [0.25, 0.3) is 0 Å². The van der Waals surface area contributed by atoms with Gasteiger partial charge in [-0.2, -0.15) is 0 Å². The quantitative estimate of drug-likeness (QED) is 0.893. The summed E-state index contributed by atoms with van der Waals surface area (Å²) in [6, 6.07) is 0. The maximum Gasteiger partial charge on any atom is 0.185 e. The summed E-state index contributed by atoms with van der Waals surface area (Å²) >= 11 is 1.88. The third-order valence-electron chi connectivity index (χ3n) is 4.08. The van der Waals surface area contributed by atoms with Crippen molar-refractivity contribution in [1.82, 2.24) is 10.3 Å². The Morgan fingerprint density at radius 2 is 2.21 bits per heavy atom. The van der Waals surface area contributed by atoms with Crippen molar-refractivity contribution in [3.8, 4) is 0 Å². The van der Waals surface area contributed by atoms with Crippen LogP contribution in [-0.4, -0.2) is 25.1 Å². The zero-order valence-electron chi connectivity index (χ0n) is 12.9. The molecule has 0 aliphatic carbocycles. The van der Waals surface area contributed by atoms with E-state index in [2.05, 4.69) is 37.9 Å². The molecule has 2 rings (SSSR count). The lowest BCUT2D eigenvalue weighted by Gasteiger charge is -2.18. The number of nitrogens with zero attached hydrogens (tertiary/aromatic N) is 2. The molecule has 1 N–H and O–H groups in total. The molecule has 0 bridgehead atoms.